The summed E-state index contributed by atoms with van der Waals surface area (Å²) in [5.41, 5.74) is 4.12. The third-order valence-electron chi connectivity index (χ3n) is 5.26. The predicted octanol–water partition coefficient (Wildman–Crippen LogP) is 5.08. The molecule has 0 spiro atoms. The molecule has 0 aliphatic heterocycles. The topological polar surface area (TPSA) is 105 Å². The van der Waals surface area contributed by atoms with Gasteiger partial charge in [-0.3, -0.25) is 0 Å². The maximum atomic E-state index is 12.5. The summed E-state index contributed by atoms with van der Waals surface area (Å²) >= 11 is 1.43. The molecule has 0 saturated heterocycles. The normalized spacial score (nSPS) is 11.6. The molecular weight excluding hydrogens is 506 g/mol. The summed E-state index contributed by atoms with van der Waals surface area (Å²) in [5.74, 6) is 0. The lowest BCUT2D eigenvalue weighted by Crippen LogP contribution is -2.10. The predicted molar refractivity (Wildman–Crippen MR) is 147 cm³/mol. The smallest absolute Gasteiger partial charge is 0.283 e. The van der Waals surface area contributed by atoms with E-state index < -0.39 is 10.0 Å². The van der Waals surface area contributed by atoms with Gasteiger partial charge in [0.15, 0.2) is 5.01 Å². The summed E-state index contributed by atoms with van der Waals surface area (Å²) in [7, 11) is -0.374. The summed E-state index contributed by atoms with van der Waals surface area (Å²) in [5, 5.41) is 18.2. The van der Waals surface area contributed by atoms with Crippen LogP contribution in [0, 0.1) is 0 Å². The van der Waals surface area contributed by atoms with Gasteiger partial charge in [-0.15, -0.1) is 14.6 Å². The first-order valence-corrected chi connectivity index (χ1v) is 13.5. The Hall–Kier alpha value is -4.35. The van der Waals surface area contributed by atoms with Crippen LogP contribution in [-0.4, -0.2) is 53.7 Å². The van der Waals surface area contributed by atoms with E-state index in [0.717, 1.165) is 22.5 Å². The molecule has 2 heterocycles. The first-order chi connectivity index (χ1) is 17.9. The van der Waals surface area contributed by atoms with Gasteiger partial charge in [-0.25, -0.2) is 4.68 Å². The van der Waals surface area contributed by atoms with Crippen LogP contribution in [0.2, 0.25) is 0 Å². The lowest BCUT2D eigenvalue weighted by molar-refractivity contribution is 0.594. The standard InChI is InChI=1S/C26H23N7O2S2/c1-32(2)18-27-37(34,35)22-15-13-21(14-16-22)33-17-23(24(31-33)19-9-5-3-6-10-19)25-29-30-26(36-25)28-20-11-7-4-8-12-20/h3-18H,1-2H3,(H,28,30). The Labute approximate surface area is 218 Å². The van der Waals surface area contributed by atoms with Crippen LogP contribution in [-0.2, 0) is 10.0 Å². The summed E-state index contributed by atoms with van der Waals surface area (Å²) in [6.07, 6.45) is 3.14. The van der Waals surface area contributed by atoms with E-state index in [-0.39, 0.29) is 4.90 Å². The van der Waals surface area contributed by atoms with Crippen LogP contribution in [0.15, 0.2) is 100 Å². The minimum Gasteiger partial charge on any atom is -0.368 e. The quantitative estimate of drug-likeness (QED) is 0.221. The number of para-hydroxylation sites is 1. The summed E-state index contributed by atoms with van der Waals surface area (Å²) in [6, 6.07) is 26.1. The minimum atomic E-state index is -3.79. The van der Waals surface area contributed by atoms with Gasteiger partial charge in [-0.1, -0.05) is 59.9 Å². The number of hydrogen-bond donors (Lipinski definition) is 1. The number of hydrogen-bond acceptors (Lipinski definition) is 7. The Kier molecular flexibility index (Phi) is 6.80. The highest BCUT2D eigenvalue weighted by Gasteiger charge is 2.19. The molecule has 0 fully saturated rings. The number of nitrogens with zero attached hydrogens (tertiary/aromatic N) is 6. The molecule has 5 aromatic rings. The second-order valence-corrected chi connectivity index (χ2v) is 10.9. The van der Waals surface area contributed by atoms with Crippen molar-refractivity contribution in [2.24, 2.45) is 4.40 Å². The van der Waals surface area contributed by atoms with Gasteiger partial charge in [-0.2, -0.15) is 13.5 Å². The SMILES string of the molecule is CN(C)C=NS(=O)(=O)c1ccc(-n2cc(-c3nnc(Nc4ccccc4)s3)c(-c3ccccc3)n2)cc1. The Bertz CT molecular complexity index is 1630. The van der Waals surface area contributed by atoms with Crippen molar-refractivity contribution in [3.8, 4) is 27.5 Å². The fraction of sp³-hybridized carbons (Fsp3) is 0.0769. The van der Waals surface area contributed by atoms with Gasteiger partial charge < -0.3 is 10.2 Å². The van der Waals surface area contributed by atoms with Crippen molar-refractivity contribution in [2.75, 3.05) is 19.4 Å². The molecule has 3 aromatic carbocycles. The van der Waals surface area contributed by atoms with E-state index in [2.05, 4.69) is 19.9 Å². The molecule has 0 bridgehead atoms. The average Bonchev–Trinajstić information content (AvgIpc) is 3.56. The van der Waals surface area contributed by atoms with Crippen molar-refractivity contribution in [1.82, 2.24) is 24.9 Å². The van der Waals surface area contributed by atoms with Gasteiger partial charge >= 0.3 is 0 Å². The molecule has 0 aliphatic carbocycles. The first-order valence-electron chi connectivity index (χ1n) is 11.3. The van der Waals surface area contributed by atoms with E-state index in [9.17, 15) is 8.42 Å². The number of rotatable bonds is 8. The minimum absolute atomic E-state index is 0.103. The molecule has 186 valence electrons. The van der Waals surface area contributed by atoms with Gasteiger partial charge in [0.25, 0.3) is 10.0 Å². The third-order valence-corrected chi connectivity index (χ3v) is 7.37. The maximum Gasteiger partial charge on any atom is 0.283 e. The Morgan fingerprint density at radius 1 is 0.919 bits per heavy atom. The lowest BCUT2D eigenvalue weighted by atomic mass is 10.1. The van der Waals surface area contributed by atoms with Crippen molar-refractivity contribution in [3.05, 3.63) is 91.1 Å². The zero-order valence-corrected chi connectivity index (χ0v) is 21.7. The largest absolute Gasteiger partial charge is 0.368 e. The van der Waals surface area contributed by atoms with Gasteiger partial charge in [-0.05, 0) is 36.4 Å². The highest BCUT2D eigenvalue weighted by Crippen LogP contribution is 2.35. The number of aromatic nitrogens is 4. The van der Waals surface area contributed by atoms with E-state index in [1.165, 1.54) is 29.8 Å². The van der Waals surface area contributed by atoms with Crippen LogP contribution >= 0.6 is 11.3 Å². The zero-order valence-electron chi connectivity index (χ0n) is 20.1. The molecule has 0 unspecified atom stereocenters. The summed E-state index contributed by atoms with van der Waals surface area (Å²) in [6.45, 7) is 0. The van der Waals surface area contributed by atoms with E-state index in [4.69, 9.17) is 5.10 Å². The van der Waals surface area contributed by atoms with Crippen molar-refractivity contribution in [3.63, 3.8) is 0 Å². The zero-order chi connectivity index (χ0) is 25.8. The van der Waals surface area contributed by atoms with Crippen LogP contribution in [0.4, 0.5) is 10.8 Å². The van der Waals surface area contributed by atoms with Crippen LogP contribution in [0.5, 0.6) is 0 Å². The molecule has 0 saturated carbocycles. The Morgan fingerprint density at radius 3 is 2.27 bits per heavy atom. The fourth-order valence-electron chi connectivity index (χ4n) is 3.49. The van der Waals surface area contributed by atoms with Crippen LogP contribution in [0.25, 0.3) is 27.5 Å². The van der Waals surface area contributed by atoms with Gasteiger partial charge in [0, 0.05) is 31.5 Å². The highest BCUT2D eigenvalue weighted by atomic mass is 32.2. The number of nitrogens with one attached hydrogen (secondary N) is 1. The molecule has 0 amide bonds. The third kappa shape index (κ3) is 5.57. The molecule has 0 atom stereocenters. The van der Waals surface area contributed by atoms with Crippen LogP contribution in [0.3, 0.4) is 0 Å². The highest BCUT2D eigenvalue weighted by molar-refractivity contribution is 7.90. The Morgan fingerprint density at radius 2 is 1.59 bits per heavy atom. The molecule has 0 aliphatic rings. The van der Waals surface area contributed by atoms with Crippen molar-refractivity contribution in [2.45, 2.75) is 4.90 Å². The summed E-state index contributed by atoms with van der Waals surface area (Å²) in [4.78, 5) is 1.67. The molecule has 9 nitrogen and oxygen atoms in total. The molecule has 0 radical (unpaired) electrons. The monoisotopic (exact) mass is 529 g/mol. The second kappa shape index (κ2) is 10.3. The molecule has 11 heteroatoms. The van der Waals surface area contributed by atoms with Gasteiger partial charge in [0.1, 0.15) is 12.0 Å². The van der Waals surface area contributed by atoms with E-state index in [1.807, 2.05) is 66.9 Å². The first kappa shape index (κ1) is 24.3. The maximum absolute atomic E-state index is 12.5. The second-order valence-electron chi connectivity index (χ2n) is 8.26. The molecule has 5 rings (SSSR count). The molecule has 2 aromatic heterocycles. The number of benzene rings is 3. The lowest BCUT2D eigenvalue weighted by Gasteiger charge is -2.05. The van der Waals surface area contributed by atoms with Crippen LogP contribution in [0.1, 0.15) is 0 Å². The van der Waals surface area contributed by atoms with E-state index in [1.54, 1.807) is 35.8 Å². The number of sulfonamides is 1. The average molecular weight is 530 g/mol. The van der Waals surface area contributed by atoms with E-state index >= 15 is 0 Å². The van der Waals surface area contributed by atoms with Crippen molar-refractivity contribution in [1.29, 1.82) is 0 Å². The van der Waals surface area contributed by atoms with Gasteiger partial charge in [0.2, 0.25) is 5.13 Å². The Balaban J connectivity index is 1.50. The fourth-order valence-corrected chi connectivity index (χ4v) is 5.18. The molecule has 1 N–H and O–H groups in total. The van der Waals surface area contributed by atoms with Crippen molar-refractivity contribution < 1.29 is 8.42 Å². The summed E-state index contributed by atoms with van der Waals surface area (Å²) < 4.78 is 30.4. The van der Waals surface area contributed by atoms with Gasteiger partial charge in [0.05, 0.1) is 16.1 Å². The molecular formula is C26H23N7O2S2. The van der Waals surface area contributed by atoms with Crippen LogP contribution < -0.4 is 5.32 Å². The number of anilines is 2. The van der Waals surface area contributed by atoms with E-state index in [0.29, 0.717) is 15.8 Å². The van der Waals surface area contributed by atoms with Crippen molar-refractivity contribution >= 4 is 38.5 Å². The molecule has 37 heavy (non-hydrogen) atoms.